The number of piperidine rings is 1. The topological polar surface area (TPSA) is 105 Å². The molecular formula is C28H38N4O4. The Balaban J connectivity index is 1.62. The minimum Gasteiger partial charge on any atom is -0.394 e. The van der Waals surface area contributed by atoms with Crippen LogP contribution in [0.4, 0.5) is 0 Å². The molecule has 0 aromatic carbocycles. The number of pyridine rings is 2. The van der Waals surface area contributed by atoms with Gasteiger partial charge in [-0.25, -0.2) is 0 Å². The van der Waals surface area contributed by atoms with Crippen LogP contribution in [0.1, 0.15) is 90.6 Å². The first-order valence-corrected chi connectivity index (χ1v) is 13.4. The highest BCUT2D eigenvalue weighted by Gasteiger charge is 2.30. The van der Waals surface area contributed by atoms with Crippen LogP contribution in [0.15, 0.2) is 41.6 Å². The molecule has 1 saturated heterocycles. The number of nitrogens with one attached hydrogen (secondary N) is 1. The Hall–Kier alpha value is -3.00. The fraction of sp³-hybridized carbons (Fsp3) is 0.571. The lowest BCUT2D eigenvalue weighted by molar-refractivity contribution is 0.0501. The van der Waals surface area contributed by atoms with Gasteiger partial charge < -0.3 is 19.9 Å². The molecule has 2 aliphatic rings. The number of rotatable bonds is 7. The van der Waals surface area contributed by atoms with Crippen molar-refractivity contribution in [2.75, 3.05) is 13.2 Å². The Bertz CT molecular complexity index is 1080. The number of hydrogen-bond donors (Lipinski definition) is 2. The van der Waals surface area contributed by atoms with E-state index in [1.54, 1.807) is 28.1 Å². The van der Waals surface area contributed by atoms with E-state index in [0.717, 1.165) is 44.2 Å². The summed E-state index contributed by atoms with van der Waals surface area (Å²) >= 11 is 0. The van der Waals surface area contributed by atoms with E-state index in [9.17, 15) is 19.5 Å². The molecule has 0 unspecified atom stereocenters. The van der Waals surface area contributed by atoms with Crippen LogP contribution in [0.2, 0.25) is 0 Å². The lowest BCUT2D eigenvalue weighted by Gasteiger charge is -2.34. The van der Waals surface area contributed by atoms with Crippen LogP contribution in [-0.2, 0) is 13.0 Å². The van der Waals surface area contributed by atoms with Gasteiger partial charge in [0.2, 0.25) is 5.43 Å². The molecule has 2 aromatic rings. The third-order valence-electron chi connectivity index (χ3n) is 7.45. The summed E-state index contributed by atoms with van der Waals surface area (Å²) in [5.41, 5.74) is 0.337. The van der Waals surface area contributed by atoms with Gasteiger partial charge in [-0.3, -0.25) is 19.4 Å². The number of amides is 2. The molecule has 0 spiro atoms. The summed E-state index contributed by atoms with van der Waals surface area (Å²) in [7, 11) is 0. The molecule has 1 aliphatic carbocycles. The van der Waals surface area contributed by atoms with Crippen molar-refractivity contribution in [3.05, 3.63) is 63.8 Å². The van der Waals surface area contributed by atoms with Gasteiger partial charge >= 0.3 is 0 Å². The number of carbonyl (C=O) groups excluding carboxylic acids is 2. The maximum absolute atomic E-state index is 13.5. The van der Waals surface area contributed by atoms with Gasteiger partial charge in [-0.2, -0.15) is 0 Å². The SMILES string of the molecule is O=C(NC1CCCCCCC1)c1cn(CCc2ccccn2)cc(C(=O)N2CCCC[C@@H]2CO)c1=O. The zero-order valence-electron chi connectivity index (χ0n) is 21.0. The molecule has 1 aliphatic heterocycles. The molecule has 0 bridgehead atoms. The number of carbonyl (C=O) groups is 2. The van der Waals surface area contributed by atoms with Gasteiger partial charge in [-0.15, -0.1) is 0 Å². The molecular weight excluding hydrogens is 456 g/mol. The molecule has 36 heavy (non-hydrogen) atoms. The zero-order valence-corrected chi connectivity index (χ0v) is 21.0. The van der Waals surface area contributed by atoms with Gasteiger partial charge in [0.25, 0.3) is 11.8 Å². The molecule has 3 heterocycles. The zero-order chi connectivity index (χ0) is 25.3. The first kappa shape index (κ1) is 26.1. The normalized spacial score (nSPS) is 19.4. The second-order valence-corrected chi connectivity index (χ2v) is 10.1. The Morgan fingerprint density at radius 1 is 0.972 bits per heavy atom. The first-order valence-electron chi connectivity index (χ1n) is 13.4. The summed E-state index contributed by atoms with van der Waals surface area (Å²) in [5, 5.41) is 12.9. The highest BCUT2D eigenvalue weighted by atomic mass is 16.3. The van der Waals surface area contributed by atoms with E-state index >= 15 is 0 Å². The van der Waals surface area contributed by atoms with Crippen LogP contribution in [0.5, 0.6) is 0 Å². The third-order valence-corrected chi connectivity index (χ3v) is 7.45. The van der Waals surface area contributed by atoms with Gasteiger partial charge in [0, 0.05) is 49.8 Å². The lowest BCUT2D eigenvalue weighted by atomic mass is 9.96. The van der Waals surface area contributed by atoms with Crippen LogP contribution >= 0.6 is 0 Å². The summed E-state index contributed by atoms with van der Waals surface area (Å²) in [6, 6.07) is 5.44. The van der Waals surface area contributed by atoms with Gasteiger partial charge in [0.1, 0.15) is 11.1 Å². The lowest BCUT2D eigenvalue weighted by Crippen LogP contribution is -2.47. The number of aliphatic hydroxyl groups excluding tert-OH is 1. The number of aliphatic hydroxyl groups is 1. The summed E-state index contributed by atoms with van der Waals surface area (Å²) in [6.07, 6.45) is 15.4. The largest absolute Gasteiger partial charge is 0.394 e. The fourth-order valence-electron chi connectivity index (χ4n) is 5.34. The Morgan fingerprint density at radius 3 is 2.42 bits per heavy atom. The van der Waals surface area contributed by atoms with Crippen molar-refractivity contribution in [3.8, 4) is 0 Å². The van der Waals surface area contributed by atoms with E-state index in [1.807, 2.05) is 18.2 Å². The number of likely N-dealkylation sites (tertiary alicyclic amines) is 1. The van der Waals surface area contributed by atoms with E-state index in [-0.39, 0.29) is 29.8 Å². The van der Waals surface area contributed by atoms with Crippen LogP contribution in [0, 0.1) is 0 Å². The maximum atomic E-state index is 13.5. The molecule has 8 nitrogen and oxygen atoms in total. The third kappa shape index (κ3) is 6.60. The Labute approximate surface area is 212 Å². The molecule has 4 rings (SSSR count). The molecule has 2 aromatic heterocycles. The average Bonchev–Trinajstić information content (AvgIpc) is 2.89. The molecule has 2 N–H and O–H groups in total. The second kappa shape index (κ2) is 12.8. The maximum Gasteiger partial charge on any atom is 0.259 e. The van der Waals surface area contributed by atoms with Crippen LogP contribution in [-0.4, -0.2) is 56.6 Å². The van der Waals surface area contributed by atoms with Crippen molar-refractivity contribution in [2.45, 2.75) is 89.3 Å². The molecule has 2 amide bonds. The number of aryl methyl sites for hydroxylation is 2. The standard InChI is InChI=1S/C28H38N4O4/c33-20-23-13-7-9-16-32(23)28(36)25-19-31(17-14-21-10-6-8-15-29-21)18-24(26(25)34)27(35)30-22-11-4-2-1-3-5-12-22/h6,8,10,15,18-19,22-23,33H,1-5,7,9,11-14,16-17,20H2,(H,30,35)/t23-/m1/s1. The highest BCUT2D eigenvalue weighted by Crippen LogP contribution is 2.20. The van der Waals surface area contributed by atoms with Gasteiger partial charge in [-0.1, -0.05) is 38.2 Å². The quantitative estimate of drug-likeness (QED) is 0.615. The van der Waals surface area contributed by atoms with Crippen LogP contribution in [0.3, 0.4) is 0 Å². The predicted molar refractivity (Wildman–Crippen MR) is 138 cm³/mol. The van der Waals surface area contributed by atoms with E-state index in [4.69, 9.17) is 0 Å². The molecule has 1 atom stereocenters. The van der Waals surface area contributed by atoms with E-state index in [2.05, 4.69) is 10.3 Å². The summed E-state index contributed by atoms with van der Waals surface area (Å²) in [5.74, 6) is -0.824. The highest BCUT2D eigenvalue weighted by molar-refractivity contribution is 5.99. The number of aromatic nitrogens is 2. The van der Waals surface area contributed by atoms with E-state index < -0.39 is 17.2 Å². The van der Waals surface area contributed by atoms with Crippen molar-refractivity contribution in [1.29, 1.82) is 0 Å². The molecule has 8 heteroatoms. The monoisotopic (exact) mass is 494 g/mol. The average molecular weight is 495 g/mol. The molecule has 194 valence electrons. The fourth-order valence-corrected chi connectivity index (χ4v) is 5.34. The first-order chi connectivity index (χ1) is 17.6. The molecule has 0 radical (unpaired) electrons. The summed E-state index contributed by atoms with van der Waals surface area (Å²) < 4.78 is 1.76. The predicted octanol–water partition coefficient (Wildman–Crippen LogP) is 3.32. The van der Waals surface area contributed by atoms with E-state index in [0.29, 0.717) is 25.9 Å². The molecule has 2 fully saturated rings. The number of nitrogens with zero attached hydrogens (tertiary/aromatic N) is 3. The van der Waals surface area contributed by atoms with Crippen molar-refractivity contribution < 1.29 is 14.7 Å². The minimum atomic E-state index is -0.542. The number of hydrogen-bond acceptors (Lipinski definition) is 5. The smallest absolute Gasteiger partial charge is 0.259 e. The summed E-state index contributed by atoms with van der Waals surface area (Å²) in [6.45, 7) is 0.835. The Morgan fingerprint density at radius 2 is 1.69 bits per heavy atom. The van der Waals surface area contributed by atoms with Gasteiger partial charge in [0.05, 0.1) is 12.6 Å². The van der Waals surface area contributed by atoms with Crippen molar-refractivity contribution >= 4 is 11.8 Å². The minimum absolute atomic E-state index is 0.00138. The van der Waals surface area contributed by atoms with Crippen LogP contribution in [0.25, 0.3) is 0 Å². The van der Waals surface area contributed by atoms with Crippen molar-refractivity contribution in [3.63, 3.8) is 0 Å². The van der Waals surface area contributed by atoms with Crippen molar-refractivity contribution in [2.24, 2.45) is 0 Å². The van der Waals surface area contributed by atoms with Gasteiger partial charge in [-0.05, 0) is 44.2 Å². The van der Waals surface area contributed by atoms with Gasteiger partial charge in [0.15, 0.2) is 0 Å². The summed E-state index contributed by atoms with van der Waals surface area (Å²) in [4.78, 5) is 46.3. The van der Waals surface area contributed by atoms with E-state index in [1.165, 1.54) is 19.3 Å². The molecule has 1 saturated carbocycles. The second-order valence-electron chi connectivity index (χ2n) is 10.1. The van der Waals surface area contributed by atoms with Crippen LogP contribution < -0.4 is 10.7 Å². The van der Waals surface area contributed by atoms with Crippen molar-refractivity contribution in [1.82, 2.24) is 19.8 Å². The Kier molecular flexibility index (Phi) is 9.28.